The third kappa shape index (κ3) is 3.65. The summed E-state index contributed by atoms with van der Waals surface area (Å²) >= 11 is 0. The van der Waals surface area contributed by atoms with E-state index in [2.05, 4.69) is 0 Å². The Labute approximate surface area is 130 Å². The van der Waals surface area contributed by atoms with Crippen molar-refractivity contribution in [3.8, 4) is 0 Å². The number of aliphatic hydroxyl groups excluding tert-OH is 8. The highest BCUT2D eigenvalue weighted by Crippen LogP contribution is 2.28. The van der Waals surface area contributed by atoms with Crippen molar-refractivity contribution in [2.24, 2.45) is 0 Å². The topological polar surface area (TPSA) is 190 Å². The molecule has 2 saturated heterocycles. The molecule has 8 N–H and O–H groups in total. The zero-order valence-electron chi connectivity index (χ0n) is 12.0. The Morgan fingerprint density at radius 3 is 1.74 bits per heavy atom. The Balaban J connectivity index is 2.08. The van der Waals surface area contributed by atoms with Crippen LogP contribution in [0.3, 0.4) is 0 Å². The summed E-state index contributed by atoms with van der Waals surface area (Å²) in [5.74, 6) is 0. The van der Waals surface area contributed by atoms with E-state index in [0.717, 1.165) is 0 Å². The Morgan fingerprint density at radius 2 is 1.17 bits per heavy atom. The summed E-state index contributed by atoms with van der Waals surface area (Å²) in [5, 5.41) is 76.7. The lowest BCUT2D eigenvalue weighted by Crippen LogP contribution is -2.64. The summed E-state index contributed by atoms with van der Waals surface area (Å²) < 4.78 is 15.1. The number of hydrogen-bond donors (Lipinski definition) is 8. The van der Waals surface area contributed by atoms with Gasteiger partial charge in [0.05, 0.1) is 13.2 Å². The Morgan fingerprint density at radius 1 is 0.652 bits per heavy atom. The van der Waals surface area contributed by atoms with Crippen LogP contribution in [0.1, 0.15) is 0 Å². The molecule has 11 nitrogen and oxygen atoms in total. The van der Waals surface area contributed by atoms with Crippen LogP contribution in [0.4, 0.5) is 0 Å². The molecule has 0 aromatic carbocycles. The van der Waals surface area contributed by atoms with Gasteiger partial charge in [-0.3, -0.25) is 0 Å². The molecular formula is C12H22O11. The predicted molar refractivity (Wildman–Crippen MR) is 68.6 cm³/mol. The minimum absolute atomic E-state index is 0.651. The number of ether oxygens (including phenoxy) is 3. The smallest absolute Gasteiger partial charge is 0.187 e. The molecular weight excluding hydrogens is 320 g/mol. The van der Waals surface area contributed by atoms with E-state index in [0.29, 0.717) is 0 Å². The molecule has 11 heteroatoms. The number of aliphatic hydroxyl groups is 8. The van der Waals surface area contributed by atoms with Crippen molar-refractivity contribution in [2.75, 3.05) is 13.2 Å². The molecule has 0 aliphatic carbocycles. The SMILES string of the molecule is OCC1O[C@@H](O)[C@@H](O[C@@H]2OC(CO)[C@@H](O)[C@@H](O)C2O)C(O)C1O. The minimum atomic E-state index is -1.75. The first-order valence-corrected chi connectivity index (χ1v) is 7.08. The number of hydrogen-bond acceptors (Lipinski definition) is 11. The number of rotatable bonds is 4. The third-order valence-corrected chi connectivity index (χ3v) is 3.98. The fourth-order valence-corrected chi connectivity index (χ4v) is 2.55. The molecule has 136 valence electrons. The van der Waals surface area contributed by atoms with Crippen molar-refractivity contribution in [3.05, 3.63) is 0 Å². The fraction of sp³-hybridized carbons (Fsp3) is 1.00. The quantitative estimate of drug-likeness (QED) is 0.243. The summed E-state index contributed by atoms with van der Waals surface area (Å²) in [6, 6.07) is 0. The average Bonchev–Trinajstić information content (AvgIpc) is 2.54. The normalized spacial score (nSPS) is 51.7. The van der Waals surface area contributed by atoms with E-state index < -0.39 is 74.6 Å². The molecule has 0 bridgehead atoms. The molecule has 2 aliphatic rings. The summed E-state index contributed by atoms with van der Waals surface area (Å²) in [6.45, 7) is -1.33. The molecule has 0 radical (unpaired) electrons. The van der Waals surface area contributed by atoms with Gasteiger partial charge in [0, 0.05) is 0 Å². The Kier molecular flexibility index (Phi) is 6.27. The first-order valence-electron chi connectivity index (χ1n) is 7.08. The van der Waals surface area contributed by atoms with Crippen LogP contribution in [-0.4, -0.2) is 115 Å². The van der Waals surface area contributed by atoms with E-state index in [1.54, 1.807) is 0 Å². The van der Waals surface area contributed by atoms with E-state index in [9.17, 15) is 30.6 Å². The highest BCUT2D eigenvalue weighted by Gasteiger charge is 2.50. The van der Waals surface area contributed by atoms with Crippen LogP contribution >= 0.6 is 0 Å². The summed E-state index contributed by atoms with van der Waals surface area (Å²) in [5.41, 5.74) is 0. The third-order valence-electron chi connectivity index (χ3n) is 3.98. The second kappa shape index (κ2) is 7.63. The van der Waals surface area contributed by atoms with E-state index in [-0.39, 0.29) is 0 Å². The van der Waals surface area contributed by atoms with Crippen molar-refractivity contribution < 1.29 is 55.1 Å². The van der Waals surface area contributed by atoms with Gasteiger partial charge in [0.15, 0.2) is 12.6 Å². The van der Waals surface area contributed by atoms with Crippen LogP contribution in [0.2, 0.25) is 0 Å². The van der Waals surface area contributed by atoms with Gasteiger partial charge < -0.3 is 55.1 Å². The molecule has 2 rings (SSSR count). The lowest BCUT2D eigenvalue weighted by Gasteiger charge is -2.44. The maximum absolute atomic E-state index is 9.94. The van der Waals surface area contributed by atoms with Gasteiger partial charge in [-0.15, -0.1) is 0 Å². The zero-order chi connectivity index (χ0) is 17.3. The molecule has 0 aromatic heterocycles. The van der Waals surface area contributed by atoms with Crippen LogP contribution in [0.25, 0.3) is 0 Å². The van der Waals surface area contributed by atoms with Gasteiger partial charge in [0.1, 0.15) is 48.8 Å². The van der Waals surface area contributed by atoms with E-state index in [1.165, 1.54) is 0 Å². The molecule has 0 saturated carbocycles. The van der Waals surface area contributed by atoms with Gasteiger partial charge in [0.2, 0.25) is 0 Å². The molecule has 0 aromatic rings. The lowest BCUT2D eigenvalue weighted by molar-refractivity contribution is -0.361. The van der Waals surface area contributed by atoms with Crippen molar-refractivity contribution in [3.63, 3.8) is 0 Å². The van der Waals surface area contributed by atoms with Crippen LogP contribution < -0.4 is 0 Å². The largest absolute Gasteiger partial charge is 0.394 e. The lowest BCUT2D eigenvalue weighted by atomic mass is 9.97. The van der Waals surface area contributed by atoms with Gasteiger partial charge in [-0.2, -0.15) is 0 Å². The van der Waals surface area contributed by atoms with Gasteiger partial charge in [-0.05, 0) is 0 Å². The molecule has 2 fully saturated rings. The van der Waals surface area contributed by atoms with Crippen LogP contribution in [0.15, 0.2) is 0 Å². The monoisotopic (exact) mass is 342 g/mol. The van der Waals surface area contributed by atoms with Crippen molar-refractivity contribution in [1.82, 2.24) is 0 Å². The minimum Gasteiger partial charge on any atom is -0.394 e. The molecule has 5 unspecified atom stereocenters. The second-order valence-corrected chi connectivity index (χ2v) is 5.53. The molecule has 2 aliphatic heterocycles. The van der Waals surface area contributed by atoms with Crippen molar-refractivity contribution >= 4 is 0 Å². The van der Waals surface area contributed by atoms with E-state index in [4.69, 9.17) is 24.4 Å². The second-order valence-electron chi connectivity index (χ2n) is 5.53. The molecule has 23 heavy (non-hydrogen) atoms. The van der Waals surface area contributed by atoms with Crippen molar-refractivity contribution in [1.29, 1.82) is 0 Å². The van der Waals surface area contributed by atoms with E-state index >= 15 is 0 Å². The standard InChI is InChI=1S/C12H22O11/c13-1-3-6(16)8(18)10(11(20)21-3)23-12-9(19)7(17)5(15)4(2-14)22-12/h3-20H,1-2H2/t3?,4?,5-,6?,7-,8?,9?,10+,11-,12+/m1/s1. The summed E-state index contributed by atoms with van der Waals surface area (Å²) in [6.07, 6.45) is -15.6. The fourth-order valence-electron chi connectivity index (χ4n) is 2.55. The molecule has 2 heterocycles. The maximum Gasteiger partial charge on any atom is 0.187 e. The van der Waals surface area contributed by atoms with Gasteiger partial charge in [0.25, 0.3) is 0 Å². The molecule has 0 spiro atoms. The highest BCUT2D eigenvalue weighted by molar-refractivity contribution is 4.93. The van der Waals surface area contributed by atoms with Crippen LogP contribution in [-0.2, 0) is 14.2 Å². The summed E-state index contributed by atoms with van der Waals surface area (Å²) in [7, 11) is 0. The van der Waals surface area contributed by atoms with Gasteiger partial charge >= 0.3 is 0 Å². The predicted octanol–water partition coefficient (Wildman–Crippen LogP) is -5.40. The highest BCUT2D eigenvalue weighted by atomic mass is 16.7. The van der Waals surface area contributed by atoms with Crippen molar-refractivity contribution in [2.45, 2.75) is 61.4 Å². The first kappa shape index (κ1) is 18.9. The summed E-state index contributed by atoms with van der Waals surface area (Å²) in [4.78, 5) is 0. The van der Waals surface area contributed by atoms with Crippen LogP contribution in [0, 0.1) is 0 Å². The Hall–Kier alpha value is -0.440. The maximum atomic E-state index is 9.94. The van der Waals surface area contributed by atoms with Crippen LogP contribution in [0.5, 0.6) is 0 Å². The Bertz CT molecular complexity index is 380. The van der Waals surface area contributed by atoms with E-state index in [1.807, 2.05) is 0 Å². The first-order chi connectivity index (χ1) is 10.8. The zero-order valence-corrected chi connectivity index (χ0v) is 12.0. The molecule has 0 amide bonds. The van der Waals surface area contributed by atoms with Gasteiger partial charge in [-0.25, -0.2) is 0 Å². The molecule has 10 atom stereocenters. The van der Waals surface area contributed by atoms with Gasteiger partial charge in [-0.1, -0.05) is 0 Å². The average molecular weight is 342 g/mol.